The van der Waals surface area contributed by atoms with Gasteiger partial charge in [-0.3, -0.25) is 0 Å². The number of hydrogen-bond donors (Lipinski definition) is 1. The van der Waals surface area contributed by atoms with Crippen LogP contribution in [0.25, 0.3) is 0 Å². The van der Waals surface area contributed by atoms with Gasteiger partial charge in [-0.15, -0.1) is 0 Å². The summed E-state index contributed by atoms with van der Waals surface area (Å²) in [6.45, 7) is 5.80. The number of rotatable bonds is 4. The van der Waals surface area contributed by atoms with E-state index in [0.717, 1.165) is 17.0 Å². The van der Waals surface area contributed by atoms with Gasteiger partial charge in [0.25, 0.3) is 0 Å². The van der Waals surface area contributed by atoms with Gasteiger partial charge in [0.05, 0.1) is 6.10 Å². The molecule has 1 aromatic carbocycles. The molecular formula is C14H18FN3O. The third-order valence-electron chi connectivity index (χ3n) is 3.10. The first-order valence-corrected chi connectivity index (χ1v) is 6.31. The second kappa shape index (κ2) is 5.48. The van der Waals surface area contributed by atoms with E-state index in [0.29, 0.717) is 6.42 Å². The Morgan fingerprint density at radius 1 is 1.37 bits per heavy atom. The Hall–Kier alpha value is -1.75. The predicted molar refractivity (Wildman–Crippen MR) is 70.2 cm³/mol. The highest BCUT2D eigenvalue weighted by Gasteiger charge is 2.16. The molecule has 0 aliphatic carbocycles. The van der Waals surface area contributed by atoms with Gasteiger partial charge in [0.1, 0.15) is 18.0 Å². The Morgan fingerprint density at radius 2 is 2.11 bits per heavy atom. The van der Waals surface area contributed by atoms with Crippen molar-refractivity contribution in [3.05, 3.63) is 47.3 Å². The lowest BCUT2D eigenvalue weighted by Crippen LogP contribution is -2.12. The van der Waals surface area contributed by atoms with E-state index in [1.807, 2.05) is 13.8 Å². The molecule has 4 nitrogen and oxygen atoms in total. The summed E-state index contributed by atoms with van der Waals surface area (Å²) < 4.78 is 14.8. The Morgan fingerprint density at radius 3 is 2.74 bits per heavy atom. The van der Waals surface area contributed by atoms with Crippen molar-refractivity contribution in [2.45, 2.75) is 39.3 Å². The highest BCUT2D eigenvalue weighted by molar-refractivity contribution is 5.29. The zero-order valence-electron chi connectivity index (χ0n) is 11.3. The molecule has 0 amide bonds. The normalized spacial score (nSPS) is 12.9. The van der Waals surface area contributed by atoms with Crippen LogP contribution in [0.5, 0.6) is 0 Å². The highest BCUT2D eigenvalue weighted by Crippen LogP contribution is 2.22. The Balaban J connectivity index is 2.21. The summed E-state index contributed by atoms with van der Waals surface area (Å²) in [5.41, 5.74) is 1.46. The molecule has 2 rings (SSSR count). The molecule has 1 N–H and O–H groups in total. The van der Waals surface area contributed by atoms with E-state index < -0.39 is 6.10 Å². The molecule has 2 aromatic rings. The fraction of sp³-hybridized carbons (Fsp3) is 0.429. The molecule has 0 fully saturated rings. The molecule has 1 heterocycles. The van der Waals surface area contributed by atoms with Gasteiger partial charge in [-0.05, 0) is 44.0 Å². The van der Waals surface area contributed by atoms with E-state index >= 15 is 0 Å². The monoisotopic (exact) mass is 263 g/mol. The van der Waals surface area contributed by atoms with Crippen LogP contribution in [0.15, 0.2) is 24.5 Å². The van der Waals surface area contributed by atoms with Gasteiger partial charge in [0.2, 0.25) is 0 Å². The van der Waals surface area contributed by atoms with Gasteiger partial charge >= 0.3 is 0 Å². The first kappa shape index (κ1) is 13.7. The van der Waals surface area contributed by atoms with E-state index in [2.05, 4.69) is 10.1 Å². The van der Waals surface area contributed by atoms with E-state index in [-0.39, 0.29) is 11.9 Å². The number of nitrogens with zero attached hydrogens (tertiary/aromatic N) is 3. The zero-order chi connectivity index (χ0) is 14.0. The van der Waals surface area contributed by atoms with Crippen molar-refractivity contribution in [1.29, 1.82) is 0 Å². The minimum atomic E-state index is -0.706. The van der Waals surface area contributed by atoms with Crippen molar-refractivity contribution in [3.63, 3.8) is 0 Å². The summed E-state index contributed by atoms with van der Waals surface area (Å²) in [7, 11) is 0. The van der Waals surface area contributed by atoms with Crippen molar-refractivity contribution in [2.24, 2.45) is 0 Å². The van der Waals surface area contributed by atoms with Crippen LogP contribution in [0.4, 0.5) is 4.39 Å². The molecule has 0 radical (unpaired) electrons. The predicted octanol–water partition coefficient (Wildman–Crippen LogP) is 2.58. The lowest BCUT2D eigenvalue weighted by molar-refractivity contribution is 0.172. The van der Waals surface area contributed by atoms with Gasteiger partial charge in [-0.25, -0.2) is 14.1 Å². The number of aliphatic hydroxyl groups excluding tert-OH is 1. The Bertz CT molecular complexity index is 566. The standard InChI is InChI=1S/C14H18FN3O/c1-9(2)18-14(16-8-17-18)7-13(19)12-5-4-11(15)6-10(12)3/h4-6,8-9,13,19H,7H2,1-3H3. The molecule has 0 aliphatic rings. The van der Waals surface area contributed by atoms with Crippen LogP contribution in [-0.2, 0) is 6.42 Å². The lowest BCUT2D eigenvalue weighted by Gasteiger charge is -2.15. The van der Waals surface area contributed by atoms with Crippen molar-refractivity contribution in [2.75, 3.05) is 0 Å². The van der Waals surface area contributed by atoms with E-state index in [4.69, 9.17) is 0 Å². The lowest BCUT2D eigenvalue weighted by atomic mass is 10.0. The van der Waals surface area contributed by atoms with Crippen LogP contribution in [0, 0.1) is 12.7 Å². The SMILES string of the molecule is Cc1cc(F)ccc1C(O)Cc1ncnn1C(C)C. The fourth-order valence-electron chi connectivity index (χ4n) is 2.15. The second-order valence-corrected chi connectivity index (χ2v) is 4.94. The van der Waals surface area contributed by atoms with Crippen LogP contribution in [-0.4, -0.2) is 19.9 Å². The first-order valence-electron chi connectivity index (χ1n) is 6.31. The molecule has 0 aliphatic heterocycles. The van der Waals surface area contributed by atoms with Gasteiger partial charge in [-0.2, -0.15) is 5.10 Å². The number of hydrogen-bond acceptors (Lipinski definition) is 3. The van der Waals surface area contributed by atoms with Gasteiger partial charge in [0, 0.05) is 12.5 Å². The van der Waals surface area contributed by atoms with E-state index in [9.17, 15) is 9.50 Å². The van der Waals surface area contributed by atoms with Crippen LogP contribution >= 0.6 is 0 Å². The molecule has 0 saturated heterocycles. The fourth-order valence-corrected chi connectivity index (χ4v) is 2.15. The number of benzene rings is 1. The largest absolute Gasteiger partial charge is 0.388 e. The Kier molecular flexibility index (Phi) is 3.95. The number of halogens is 1. The molecule has 102 valence electrons. The summed E-state index contributed by atoms with van der Waals surface area (Å²) in [6.07, 6.45) is 1.15. The average Bonchev–Trinajstić information content (AvgIpc) is 2.76. The molecule has 19 heavy (non-hydrogen) atoms. The van der Waals surface area contributed by atoms with Crippen molar-refractivity contribution < 1.29 is 9.50 Å². The maximum atomic E-state index is 13.1. The minimum Gasteiger partial charge on any atom is -0.388 e. The third-order valence-corrected chi connectivity index (χ3v) is 3.10. The molecule has 0 saturated carbocycles. The van der Waals surface area contributed by atoms with Crippen LogP contribution in [0.3, 0.4) is 0 Å². The topological polar surface area (TPSA) is 50.9 Å². The molecular weight excluding hydrogens is 245 g/mol. The molecule has 0 bridgehead atoms. The van der Waals surface area contributed by atoms with Crippen molar-refractivity contribution >= 4 is 0 Å². The van der Waals surface area contributed by atoms with E-state index in [1.54, 1.807) is 17.7 Å². The molecule has 1 unspecified atom stereocenters. The quantitative estimate of drug-likeness (QED) is 0.922. The first-order chi connectivity index (χ1) is 8.99. The highest BCUT2D eigenvalue weighted by atomic mass is 19.1. The maximum absolute atomic E-state index is 13.1. The third kappa shape index (κ3) is 2.98. The summed E-state index contributed by atoms with van der Waals surface area (Å²) in [4.78, 5) is 4.17. The van der Waals surface area contributed by atoms with Crippen molar-refractivity contribution in [1.82, 2.24) is 14.8 Å². The average molecular weight is 263 g/mol. The number of aliphatic hydroxyl groups is 1. The summed E-state index contributed by atoms with van der Waals surface area (Å²) in [5, 5.41) is 14.4. The number of aromatic nitrogens is 3. The molecule has 1 atom stereocenters. The van der Waals surface area contributed by atoms with Gasteiger partial charge < -0.3 is 5.11 Å². The second-order valence-electron chi connectivity index (χ2n) is 4.94. The minimum absolute atomic E-state index is 0.194. The summed E-state index contributed by atoms with van der Waals surface area (Å²) in [5.74, 6) is 0.435. The zero-order valence-corrected chi connectivity index (χ0v) is 11.3. The number of aryl methyl sites for hydroxylation is 1. The van der Waals surface area contributed by atoms with Crippen LogP contribution < -0.4 is 0 Å². The van der Waals surface area contributed by atoms with Gasteiger partial charge in [-0.1, -0.05) is 6.07 Å². The molecule has 0 spiro atoms. The summed E-state index contributed by atoms with van der Waals surface area (Å²) >= 11 is 0. The van der Waals surface area contributed by atoms with Crippen LogP contribution in [0.1, 0.15) is 42.9 Å². The van der Waals surface area contributed by atoms with Crippen molar-refractivity contribution in [3.8, 4) is 0 Å². The van der Waals surface area contributed by atoms with Crippen LogP contribution in [0.2, 0.25) is 0 Å². The summed E-state index contributed by atoms with van der Waals surface area (Å²) in [6, 6.07) is 4.59. The van der Waals surface area contributed by atoms with E-state index in [1.165, 1.54) is 18.5 Å². The molecule has 1 aromatic heterocycles. The Labute approximate surface area is 111 Å². The molecule has 5 heteroatoms. The van der Waals surface area contributed by atoms with Gasteiger partial charge in [0.15, 0.2) is 0 Å². The smallest absolute Gasteiger partial charge is 0.138 e. The maximum Gasteiger partial charge on any atom is 0.138 e.